The number of nitrogens with zero attached hydrogens (tertiary/aromatic N) is 1. The zero-order valence-electron chi connectivity index (χ0n) is 14.9. The predicted molar refractivity (Wildman–Crippen MR) is 98.3 cm³/mol. The second-order valence-electron chi connectivity index (χ2n) is 6.73. The summed E-state index contributed by atoms with van der Waals surface area (Å²) in [6.45, 7) is 5.22. The molecule has 1 aliphatic heterocycles. The summed E-state index contributed by atoms with van der Waals surface area (Å²) in [6, 6.07) is 11.5. The first-order chi connectivity index (χ1) is 12.6. The fourth-order valence-electron chi connectivity index (χ4n) is 3.40. The van der Waals surface area contributed by atoms with Crippen LogP contribution < -0.4 is 4.74 Å². The number of aliphatic hydroxyl groups excluding tert-OH is 1. The van der Waals surface area contributed by atoms with Gasteiger partial charge in [-0.1, -0.05) is 18.2 Å². The number of rotatable bonds is 2. The third kappa shape index (κ3) is 2.84. The van der Waals surface area contributed by atoms with Gasteiger partial charge in [0.1, 0.15) is 17.9 Å². The highest BCUT2D eigenvalue weighted by molar-refractivity contribution is 5.99. The van der Waals surface area contributed by atoms with Crippen LogP contribution in [0.4, 0.5) is 0 Å². The van der Waals surface area contributed by atoms with E-state index in [2.05, 4.69) is 0 Å². The smallest absolute Gasteiger partial charge is 0.290 e. The second kappa shape index (κ2) is 6.50. The highest BCUT2D eigenvalue weighted by Gasteiger charge is 2.26. The van der Waals surface area contributed by atoms with Crippen LogP contribution in [0.5, 0.6) is 5.75 Å². The molecule has 5 heteroatoms. The molecule has 1 N–H and O–H groups in total. The molecule has 134 valence electrons. The Bertz CT molecular complexity index is 989. The van der Waals surface area contributed by atoms with E-state index in [0.29, 0.717) is 25.5 Å². The average molecular weight is 351 g/mol. The zero-order chi connectivity index (χ0) is 18.3. The van der Waals surface area contributed by atoms with Gasteiger partial charge >= 0.3 is 0 Å². The summed E-state index contributed by atoms with van der Waals surface area (Å²) in [5.74, 6) is 1.00. The lowest BCUT2D eigenvalue weighted by Crippen LogP contribution is -2.32. The number of furan rings is 1. The molecule has 0 atom stereocenters. The number of hydrogen-bond acceptors (Lipinski definition) is 4. The third-order valence-electron chi connectivity index (χ3n) is 4.86. The Hall–Kier alpha value is -2.79. The minimum Gasteiger partial charge on any atom is -0.491 e. The Labute approximate surface area is 151 Å². The SMILES string of the molecule is Cc1ccc2c(C)c(C(=O)N3CCOc4ccc(CO)cc4C3)oc2c1. The number of aryl methyl sites for hydroxylation is 2. The standard InChI is InChI=1S/C21H21NO4/c1-13-3-5-17-14(2)20(26-19(17)9-13)21(24)22-7-8-25-18-6-4-15(12-23)10-16(18)11-22/h3-6,9-10,23H,7-8,11-12H2,1-2H3. The van der Waals surface area contributed by atoms with Crippen molar-refractivity contribution in [3.63, 3.8) is 0 Å². The first-order valence-corrected chi connectivity index (χ1v) is 8.71. The number of benzene rings is 2. The minimum atomic E-state index is -0.137. The van der Waals surface area contributed by atoms with Crippen LogP contribution in [0.3, 0.4) is 0 Å². The summed E-state index contributed by atoms with van der Waals surface area (Å²) in [7, 11) is 0. The average Bonchev–Trinajstić information content (AvgIpc) is 2.83. The molecule has 0 saturated heterocycles. The maximum atomic E-state index is 13.1. The summed E-state index contributed by atoms with van der Waals surface area (Å²) >= 11 is 0. The van der Waals surface area contributed by atoms with Crippen LogP contribution >= 0.6 is 0 Å². The van der Waals surface area contributed by atoms with E-state index >= 15 is 0 Å². The van der Waals surface area contributed by atoms with Crippen molar-refractivity contribution in [3.05, 3.63) is 64.4 Å². The van der Waals surface area contributed by atoms with E-state index in [4.69, 9.17) is 9.15 Å². The summed E-state index contributed by atoms with van der Waals surface area (Å²) in [6.07, 6.45) is 0. The first kappa shape index (κ1) is 16.7. The molecule has 0 bridgehead atoms. The van der Waals surface area contributed by atoms with Crippen molar-refractivity contribution in [1.82, 2.24) is 4.90 Å². The molecule has 1 aromatic heterocycles. The number of ether oxygens (including phenoxy) is 1. The number of carbonyl (C=O) groups is 1. The highest BCUT2D eigenvalue weighted by atomic mass is 16.5. The molecule has 0 unspecified atom stereocenters. The monoisotopic (exact) mass is 351 g/mol. The van der Waals surface area contributed by atoms with Gasteiger partial charge in [-0.15, -0.1) is 0 Å². The molecule has 5 nitrogen and oxygen atoms in total. The van der Waals surface area contributed by atoms with Crippen LogP contribution in [-0.4, -0.2) is 29.1 Å². The molecule has 3 aromatic rings. The van der Waals surface area contributed by atoms with Gasteiger partial charge in [-0.05, 0) is 43.2 Å². The van der Waals surface area contributed by atoms with Crippen molar-refractivity contribution in [2.75, 3.05) is 13.2 Å². The van der Waals surface area contributed by atoms with Gasteiger partial charge in [-0.25, -0.2) is 0 Å². The van der Waals surface area contributed by atoms with E-state index < -0.39 is 0 Å². The van der Waals surface area contributed by atoms with Crippen LogP contribution in [0, 0.1) is 13.8 Å². The van der Waals surface area contributed by atoms with Crippen LogP contribution in [0.25, 0.3) is 11.0 Å². The number of amides is 1. The van der Waals surface area contributed by atoms with Crippen molar-refractivity contribution in [2.24, 2.45) is 0 Å². The highest BCUT2D eigenvalue weighted by Crippen LogP contribution is 2.29. The van der Waals surface area contributed by atoms with Crippen LogP contribution in [0.15, 0.2) is 40.8 Å². The van der Waals surface area contributed by atoms with Gasteiger partial charge in [-0.3, -0.25) is 4.79 Å². The maximum Gasteiger partial charge on any atom is 0.290 e. The topological polar surface area (TPSA) is 62.9 Å². The van der Waals surface area contributed by atoms with E-state index in [0.717, 1.165) is 39.0 Å². The van der Waals surface area contributed by atoms with E-state index in [1.807, 2.05) is 50.2 Å². The van der Waals surface area contributed by atoms with Gasteiger partial charge in [-0.2, -0.15) is 0 Å². The van der Waals surface area contributed by atoms with Gasteiger partial charge in [0.15, 0.2) is 5.76 Å². The maximum absolute atomic E-state index is 13.1. The Morgan fingerprint density at radius 2 is 2.04 bits per heavy atom. The van der Waals surface area contributed by atoms with Crippen LogP contribution in [-0.2, 0) is 13.2 Å². The fourth-order valence-corrected chi connectivity index (χ4v) is 3.40. The Balaban J connectivity index is 1.68. The molecule has 2 heterocycles. The summed E-state index contributed by atoms with van der Waals surface area (Å²) < 4.78 is 11.7. The van der Waals surface area contributed by atoms with Gasteiger partial charge in [0.25, 0.3) is 5.91 Å². The van der Waals surface area contributed by atoms with Gasteiger partial charge < -0.3 is 19.2 Å². The number of hydrogen-bond donors (Lipinski definition) is 1. The van der Waals surface area contributed by atoms with Crippen molar-refractivity contribution < 1.29 is 19.1 Å². The van der Waals surface area contributed by atoms with E-state index in [1.54, 1.807) is 4.90 Å². The fraction of sp³-hybridized carbons (Fsp3) is 0.286. The molecule has 2 aromatic carbocycles. The van der Waals surface area contributed by atoms with Crippen molar-refractivity contribution in [2.45, 2.75) is 27.0 Å². The lowest BCUT2D eigenvalue weighted by atomic mass is 10.1. The lowest BCUT2D eigenvalue weighted by Gasteiger charge is -2.19. The molecule has 1 aliphatic rings. The third-order valence-corrected chi connectivity index (χ3v) is 4.86. The second-order valence-corrected chi connectivity index (χ2v) is 6.73. The Morgan fingerprint density at radius 1 is 1.19 bits per heavy atom. The van der Waals surface area contributed by atoms with Gasteiger partial charge in [0.05, 0.1) is 13.2 Å². The van der Waals surface area contributed by atoms with E-state index in [1.165, 1.54) is 0 Å². The molecular formula is C21H21NO4. The summed E-state index contributed by atoms with van der Waals surface area (Å²) in [5, 5.41) is 10.3. The van der Waals surface area contributed by atoms with E-state index in [9.17, 15) is 9.90 Å². The zero-order valence-corrected chi connectivity index (χ0v) is 14.9. The molecule has 0 radical (unpaired) electrons. The molecular weight excluding hydrogens is 330 g/mol. The van der Waals surface area contributed by atoms with Crippen molar-refractivity contribution in [3.8, 4) is 5.75 Å². The van der Waals surface area contributed by atoms with E-state index in [-0.39, 0.29) is 12.5 Å². The normalized spacial score (nSPS) is 14.0. The molecule has 4 rings (SSSR count). The molecule has 1 amide bonds. The van der Waals surface area contributed by atoms with Crippen LogP contribution in [0.1, 0.15) is 32.8 Å². The number of carbonyl (C=O) groups excluding carboxylic acids is 1. The Morgan fingerprint density at radius 3 is 2.85 bits per heavy atom. The summed E-state index contributed by atoms with van der Waals surface area (Å²) in [4.78, 5) is 14.9. The number of fused-ring (bicyclic) bond motifs is 2. The molecule has 0 aliphatic carbocycles. The molecule has 26 heavy (non-hydrogen) atoms. The van der Waals surface area contributed by atoms with Crippen LogP contribution in [0.2, 0.25) is 0 Å². The number of aliphatic hydroxyl groups is 1. The molecule has 0 saturated carbocycles. The Kier molecular flexibility index (Phi) is 4.17. The largest absolute Gasteiger partial charge is 0.491 e. The van der Waals surface area contributed by atoms with Crippen molar-refractivity contribution >= 4 is 16.9 Å². The summed E-state index contributed by atoms with van der Waals surface area (Å²) in [5.41, 5.74) is 4.39. The minimum absolute atomic E-state index is 0.0384. The molecule has 0 fully saturated rings. The van der Waals surface area contributed by atoms with Crippen molar-refractivity contribution in [1.29, 1.82) is 0 Å². The first-order valence-electron chi connectivity index (χ1n) is 8.71. The van der Waals surface area contributed by atoms with Gasteiger partial charge in [0.2, 0.25) is 0 Å². The quantitative estimate of drug-likeness (QED) is 0.767. The molecule has 0 spiro atoms. The predicted octanol–water partition coefficient (Wildman–Crippen LogP) is 3.58. The van der Waals surface area contributed by atoms with Gasteiger partial charge in [0, 0.05) is 23.1 Å². The lowest BCUT2D eigenvalue weighted by molar-refractivity contribution is 0.0702.